The average Bonchev–Trinajstić information content (AvgIpc) is 3.19. The number of carbonyl (C=O) groups excluding carboxylic acids is 2. The molecule has 27 heavy (non-hydrogen) atoms. The summed E-state index contributed by atoms with van der Waals surface area (Å²) in [5.74, 6) is -1.07. The van der Waals surface area contributed by atoms with Gasteiger partial charge in [0, 0.05) is 36.4 Å². The number of nitrogens with one attached hydrogen (secondary N) is 2. The van der Waals surface area contributed by atoms with E-state index < -0.39 is 11.8 Å². The molecule has 0 aliphatic heterocycles. The molecule has 0 aliphatic rings. The van der Waals surface area contributed by atoms with Crippen LogP contribution < -0.4 is 15.4 Å². The minimum atomic E-state index is -0.742. The fraction of sp³-hybridized carbons (Fsp3) is 0.158. The van der Waals surface area contributed by atoms with Crippen molar-refractivity contribution in [2.24, 2.45) is 0 Å². The summed E-state index contributed by atoms with van der Waals surface area (Å²) >= 11 is 0. The van der Waals surface area contributed by atoms with E-state index in [0.29, 0.717) is 23.7 Å². The van der Waals surface area contributed by atoms with Crippen LogP contribution in [0, 0.1) is 0 Å². The third-order valence-corrected chi connectivity index (χ3v) is 3.78. The number of ether oxygens (including phenoxy) is 1. The molecule has 2 amide bonds. The van der Waals surface area contributed by atoms with E-state index in [2.05, 4.69) is 20.7 Å². The van der Waals surface area contributed by atoms with Gasteiger partial charge in [0.25, 0.3) is 0 Å². The Morgan fingerprint density at radius 3 is 2.78 bits per heavy atom. The van der Waals surface area contributed by atoms with Crippen molar-refractivity contribution in [1.82, 2.24) is 20.1 Å². The molecule has 0 aliphatic carbocycles. The Labute approximate surface area is 156 Å². The standard InChI is InChI=1S/C19H19N5O3/c1-27-19-15(6-3-8-20-19)12-21-17(25)18(26)23-16-7-2-5-14(11-16)13-24-10-4-9-22-24/h2-11H,12-13H2,1H3,(H,21,25)(H,23,26). The summed E-state index contributed by atoms with van der Waals surface area (Å²) in [6.45, 7) is 0.715. The van der Waals surface area contributed by atoms with Crippen molar-refractivity contribution in [2.45, 2.75) is 13.1 Å². The SMILES string of the molecule is COc1ncccc1CNC(=O)C(=O)Nc1cccc(Cn2cccn2)c1. The number of aromatic nitrogens is 3. The molecule has 0 atom stereocenters. The predicted octanol–water partition coefficient (Wildman–Crippen LogP) is 1.59. The minimum Gasteiger partial charge on any atom is -0.481 e. The molecular weight excluding hydrogens is 346 g/mol. The number of anilines is 1. The summed E-state index contributed by atoms with van der Waals surface area (Å²) in [7, 11) is 1.50. The van der Waals surface area contributed by atoms with Crippen molar-refractivity contribution in [1.29, 1.82) is 0 Å². The maximum atomic E-state index is 12.1. The van der Waals surface area contributed by atoms with Crippen LogP contribution in [0.5, 0.6) is 5.88 Å². The van der Waals surface area contributed by atoms with E-state index in [9.17, 15) is 9.59 Å². The molecule has 0 bridgehead atoms. The van der Waals surface area contributed by atoms with Gasteiger partial charge in [-0.2, -0.15) is 5.10 Å². The van der Waals surface area contributed by atoms with E-state index in [1.807, 2.05) is 24.4 Å². The number of amides is 2. The smallest absolute Gasteiger partial charge is 0.313 e. The van der Waals surface area contributed by atoms with Gasteiger partial charge in [-0.05, 0) is 29.8 Å². The highest BCUT2D eigenvalue weighted by Crippen LogP contribution is 2.13. The molecule has 8 nitrogen and oxygen atoms in total. The maximum absolute atomic E-state index is 12.1. The summed E-state index contributed by atoms with van der Waals surface area (Å²) in [4.78, 5) is 28.2. The molecule has 2 heterocycles. The molecule has 0 saturated carbocycles. The Bertz CT molecular complexity index is 925. The zero-order valence-corrected chi connectivity index (χ0v) is 14.8. The molecule has 138 valence electrons. The number of benzene rings is 1. The Balaban J connectivity index is 1.57. The molecule has 0 unspecified atom stereocenters. The Morgan fingerprint density at radius 1 is 1.11 bits per heavy atom. The Hall–Kier alpha value is -3.68. The van der Waals surface area contributed by atoms with Crippen molar-refractivity contribution < 1.29 is 14.3 Å². The van der Waals surface area contributed by atoms with E-state index in [4.69, 9.17) is 4.74 Å². The number of hydrogen-bond donors (Lipinski definition) is 2. The second kappa shape index (κ2) is 8.61. The first-order valence-electron chi connectivity index (χ1n) is 8.29. The minimum absolute atomic E-state index is 0.141. The van der Waals surface area contributed by atoms with E-state index >= 15 is 0 Å². The summed E-state index contributed by atoms with van der Waals surface area (Å²) < 4.78 is 6.89. The van der Waals surface area contributed by atoms with Crippen LogP contribution in [0.1, 0.15) is 11.1 Å². The van der Waals surface area contributed by atoms with Crippen molar-refractivity contribution in [3.05, 3.63) is 72.2 Å². The van der Waals surface area contributed by atoms with E-state index in [1.165, 1.54) is 7.11 Å². The number of carbonyl (C=O) groups is 2. The lowest BCUT2D eigenvalue weighted by Crippen LogP contribution is -2.35. The van der Waals surface area contributed by atoms with Crippen LogP contribution in [0.4, 0.5) is 5.69 Å². The highest BCUT2D eigenvalue weighted by molar-refractivity contribution is 6.39. The van der Waals surface area contributed by atoms with Gasteiger partial charge in [0.2, 0.25) is 5.88 Å². The van der Waals surface area contributed by atoms with Gasteiger partial charge in [0.15, 0.2) is 0 Å². The number of hydrogen-bond acceptors (Lipinski definition) is 5. The first kappa shape index (κ1) is 18.1. The van der Waals surface area contributed by atoms with Gasteiger partial charge in [-0.15, -0.1) is 0 Å². The number of methoxy groups -OCH3 is 1. The average molecular weight is 365 g/mol. The zero-order chi connectivity index (χ0) is 19.1. The third-order valence-electron chi connectivity index (χ3n) is 3.78. The molecular formula is C19H19N5O3. The number of rotatable bonds is 6. The van der Waals surface area contributed by atoms with Crippen LogP contribution in [-0.4, -0.2) is 33.7 Å². The number of nitrogens with zero attached hydrogens (tertiary/aromatic N) is 3. The van der Waals surface area contributed by atoms with Crippen LogP contribution in [-0.2, 0) is 22.7 Å². The third kappa shape index (κ3) is 4.91. The molecule has 1 aromatic carbocycles. The largest absolute Gasteiger partial charge is 0.481 e. The van der Waals surface area contributed by atoms with Crippen LogP contribution in [0.25, 0.3) is 0 Å². The van der Waals surface area contributed by atoms with Crippen molar-refractivity contribution in [2.75, 3.05) is 12.4 Å². The highest BCUT2D eigenvalue weighted by Gasteiger charge is 2.14. The van der Waals surface area contributed by atoms with Gasteiger partial charge in [-0.3, -0.25) is 14.3 Å². The summed E-state index contributed by atoms with van der Waals surface area (Å²) in [6, 6.07) is 12.6. The first-order chi connectivity index (χ1) is 13.2. The second-order valence-electron chi connectivity index (χ2n) is 5.71. The fourth-order valence-electron chi connectivity index (χ4n) is 2.51. The lowest BCUT2D eigenvalue weighted by atomic mass is 10.2. The van der Waals surface area contributed by atoms with E-state index in [1.54, 1.807) is 41.3 Å². The molecule has 2 N–H and O–H groups in total. The summed E-state index contributed by atoms with van der Waals surface area (Å²) in [6.07, 6.45) is 5.14. The predicted molar refractivity (Wildman–Crippen MR) is 99.0 cm³/mol. The Kier molecular flexibility index (Phi) is 5.78. The lowest BCUT2D eigenvalue weighted by molar-refractivity contribution is -0.136. The zero-order valence-electron chi connectivity index (χ0n) is 14.8. The topological polar surface area (TPSA) is 98.1 Å². The normalized spacial score (nSPS) is 10.3. The second-order valence-corrected chi connectivity index (χ2v) is 5.71. The Morgan fingerprint density at radius 2 is 2.00 bits per heavy atom. The summed E-state index contributed by atoms with van der Waals surface area (Å²) in [5.41, 5.74) is 2.18. The fourth-order valence-corrected chi connectivity index (χ4v) is 2.51. The molecule has 3 aromatic rings. The van der Waals surface area contributed by atoms with Gasteiger partial charge in [0.05, 0.1) is 13.7 Å². The number of pyridine rings is 1. The molecule has 0 radical (unpaired) electrons. The lowest BCUT2D eigenvalue weighted by Gasteiger charge is -2.10. The molecule has 0 fully saturated rings. The van der Waals surface area contributed by atoms with E-state index in [0.717, 1.165) is 5.56 Å². The monoisotopic (exact) mass is 365 g/mol. The van der Waals surface area contributed by atoms with Gasteiger partial charge in [-0.25, -0.2) is 4.98 Å². The van der Waals surface area contributed by atoms with Crippen molar-refractivity contribution >= 4 is 17.5 Å². The molecule has 8 heteroatoms. The van der Waals surface area contributed by atoms with Crippen LogP contribution >= 0.6 is 0 Å². The quantitative estimate of drug-likeness (QED) is 0.647. The first-order valence-corrected chi connectivity index (χ1v) is 8.29. The van der Waals surface area contributed by atoms with Crippen LogP contribution in [0.2, 0.25) is 0 Å². The van der Waals surface area contributed by atoms with Gasteiger partial charge < -0.3 is 15.4 Å². The van der Waals surface area contributed by atoms with Crippen LogP contribution in [0.3, 0.4) is 0 Å². The molecule has 0 saturated heterocycles. The van der Waals surface area contributed by atoms with E-state index in [-0.39, 0.29) is 6.54 Å². The summed E-state index contributed by atoms with van der Waals surface area (Å²) in [5, 5.41) is 9.31. The molecule has 0 spiro atoms. The van der Waals surface area contributed by atoms with Crippen molar-refractivity contribution in [3.8, 4) is 5.88 Å². The maximum Gasteiger partial charge on any atom is 0.313 e. The van der Waals surface area contributed by atoms with Crippen LogP contribution in [0.15, 0.2) is 61.1 Å². The van der Waals surface area contributed by atoms with Crippen molar-refractivity contribution in [3.63, 3.8) is 0 Å². The van der Waals surface area contributed by atoms with Gasteiger partial charge >= 0.3 is 11.8 Å². The molecule has 2 aromatic heterocycles. The highest BCUT2D eigenvalue weighted by atomic mass is 16.5. The van der Waals surface area contributed by atoms with Gasteiger partial charge in [0.1, 0.15) is 0 Å². The van der Waals surface area contributed by atoms with Gasteiger partial charge in [-0.1, -0.05) is 18.2 Å². The molecule has 3 rings (SSSR count).